The van der Waals surface area contributed by atoms with Gasteiger partial charge in [0.15, 0.2) is 5.82 Å². The highest BCUT2D eigenvalue weighted by molar-refractivity contribution is 6.08. The smallest absolute Gasteiger partial charge is 0.324 e. The third-order valence-corrected chi connectivity index (χ3v) is 4.93. The Morgan fingerprint density at radius 2 is 1.71 bits per heavy atom. The fraction of sp³-hybridized carbons (Fsp3) is 0.167. The summed E-state index contributed by atoms with van der Waals surface area (Å²) in [5.41, 5.74) is 3.70. The lowest BCUT2D eigenvalue weighted by atomic mass is 10.2. The van der Waals surface area contributed by atoms with E-state index in [4.69, 9.17) is 4.74 Å². The molecule has 4 rings (SSSR count). The molecule has 0 atom stereocenters. The Hall–Kier alpha value is -4.00. The molecule has 0 aliphatic rings. The molecule has 0 fully saturated rings. The molecule has 0 saturated carbocycles. The number of hydrogen-bond donors (Lipinski definition) is 2. The number of fused-ring (bicyclic) bond motifs is 1. The zero-order chi connectivity index (χ0) is 21.8. The minimum atomic E-state index is -0.355. The first-order chi connectivity index (χ1) is 15.0. The van der Waals surface area contributed by atoms with Crippen LogP contribution in [-0.2, 0) is 13.7 Å². The maximum atomic E-state index is 12.6. The molecule has 4 aromatic rings. The molecule has 1 heterocycles. The maximum absolute atomic E-state index is 12.6. The van der Waals surface area contributed by atoms with Crippen LogP contribution >= 0.6 is 0 Å². The van der Waals surface area contributed by atoms with Crippen LogP contribution in [0.25, 0.3) is 10.9 Å². The zero-order valence-corrected chi connectivity index (χ0v) is 17.8. The average Bonchev–Trinajstić information content (AvgIpc) is 3.09. The fourth-order valence-electron chi connectivity index (χ4n) is 3.40. The number of carbonyl (C=O) groups is 1. The van der Waals surface area contributed by atoms with Crippen molar-refractivity contribution >= 4 is 34.1 Å². The lowest BCUT2D eigenvalue weighted by Gasteiger charge is -2.14. The number of anilines is 3. The second kappa shape index (κ2) is 8.79. The quantitative estimate of drug-likeness (QED) is 0.472. The minimum Gasteiger partial charge on any atom is -0.489 e. The number of rotatable bonds is 6. The van der Waals surface area contributed by atoms with Gasteiger partial charge >= 0.3 is 6.03 Å². The van der Waals surface area contributed by atoms with Gasteiger partial charge in [-0.05, 0) is 42.0 Å². The number of nitrogens with zero attached hydrogens (tertiary/aromatic N) is 3. The lowest BCUT2D eigenvalue weighted by molar-refractivity contribution is 0.262. The van der Waals surface area contributed by atoms with E-state index in [1.807, 2.05) is 98.8 Å². The first-order valence-electron chi connectivity index (χ1n) is 9.99. The number of hydrogen-bond acceptors (Lipinski definition) is 4. The van der Waals surface area contributed by atoms with Crippen LogP contribution in [0.2, 0.25) is 0 Å². The van der Waals surface area contributed by atoms with Gasteiger partial charge in [0.05, 0.1) is 10.9 Å². The number of urea groups is 1. The predicted octanol–water partition coefficient (Wildman–Crippen LogP) is 4.86. The standard InChI is InChI=1S/C24H25N5O2/c1-28(2)20-10-7-11-21-22(20)23(27-29(21)3)26-24(30)25-18-12-14-19(15-13-18)31-16-17-8-5-4-6-9-17/h4-15H,16H2,1-3H3,(H2,25,26,27,30). The van der Waals surface area contributed by atoms with Crippen molar-refractivity contribution in [3.05, 3.63) is 78.4 Å². The van der Waals surface area contributed by atoms with E-state index < -0.39 is 0 Å². The summed E-state index contributed by atoms with van der Waals surface area (Å²) in [7, 11) is 5.79. The van der Waals surface area contributed by atoms with Crippen molar-refractivity contribution in [1.29, 1.82) is 0 Å². The third kappa shape index (κ3) is 4.61. The highest BCUT2D eigenvalue weighted by Gasteiger charge is 2.16. The lowest BCUT2D eigenvalue weighted by Crippen LogP contribution is -2.20. The van der Waals surface area contributed by atoms with E-state index in [1.165, 1.54) is 0 Å². The zero-order valence-electron chi connectivity index (χ0n) is 17.8. The van der Waals surface area contributed by atoms with Gasteiger partial charge in [-0.15, -0.1) is 0 Å². The molecule has 0 spiro atoms. The van der Waals surface area contributed by atoms with Gasteiger partial charge in [0.1, 0.15) is 12.4 Å². The molecule has 7 nitrogen and oxygen atoms in total. The van der Waals surface area contributed by atoms with E-state index in [9.17, 15) is 4.79 Å². The summed E-state index contributed by atoms with van der Waals surface area (Å²) in [5, 5.41) is 11.1. The van der Waals surface area contributed by atoms with Crippen molar-refractivity contribution in [2.24, 2.45) is 7.05 Å². The van der Waals surface area contributed by atoms with Crippen LogP contribution in [0.15, 0.2) is 72.8 Å². The van der Waals surface area contributed by atoms with Crippen LogP contribution in [0.5, 0.6) is 5.75 Å². The maximum Gasteiger partial charge on any atom is 0.324 e. The van der Waals surface area contributed by atoms with Crippen molar-refractivity contribution in [3.8, 4) is 5.75 Å². The summed E-state index contributed by atoms with van der Waals surface area (Å²) in [6.45, 7) is 0.495. The number of ether oxygens (including phenoxy) is 1. The second-order valence-corrected chi connectivity index (χ2v) is 7.42. The molecule has 2 amide bonds. The number of benzene rings is 3. The number of aromatic nitrogens is 2. The monoisotopic (exact) mass is 415 g/mol. The van der Waals surface area contributed by atoms with Gasteiger partial charge < -0.3 is 15.0 Å². The molecule has 0 radical (unpaired) electrons. The van der Waals surface area contributed by atoms with E-state index in [2.05, 4.69) is 15.7 Å². The van der Waals surface area contributed by atoms with E-state index in [0.29, 0.717) is 18.1 Å². The molecular weight excluding hydrogens is 390 g/mol. The minimum absolute atomic E-state index is 0.355. The Bertz CT molecular complexity index is 1180. The van der Waals surface area contributed by atoms with Crippen molar-refractivity contribution in [3.63, 3.8) is 0 Å². The van der Waals surface area contributed by atoms with Gasteiger partial charge in [0.25, 0.3) is 0 Å². The highest BCUT2D eigenvalue weighted by atomic mass is 16.5. The SMILES string of the molecule is CN(C)c1cccc2c1c(NC(=O)Nc1ccc(OCc3ccccc3)cc1)nn2C. The van der Waals surface area contributed by atoms with Crippen LogP contribution in [-0.4, -0.2) is 29.9 Å². The summed E-state index contributed by atoms with van der Waals surface area (Å²) in [6, 6.07) is 22.9. The first-order valence-corrected chi connectivity index (χ1v) is 9.99. The Morgan fingerprint density at radius 3 is 2.42 bits per heavy atom. The Balaban J connectivity index is 1.42. The van der Waals surface area contributed by atoms with Crippen LogP contribution in [0.4, 0.5) is 22.0 Å². The second-order valence-electron chi connectivity index (χ2n) is 7.42. The van der Waals surface area contributed by atoms with Gasteiger partial charge in [0.2, 0.25) is 0 Å². The third-order valence-electron chi connectivity index (χ3n) is 4.93. The number of aryl methyl sites for hydroxylation is 1. The predicted molar refractivity (Wildman–Crippen MR) is 125 cm³/mol. The fourth-order valence-corrected chi connectivity index (χ4v) is 3.40. The largest absolute Gasteiger partial charge is 0.489 e. The topological polar surface area (TPSA) is 71.4 Å². The molecule has 158 valence electrons. The van der Waals surface area contributed by atoms with E-state index in [0.717, 1.165) is 27.9 Å². The van der Waals surface area contributed by atoms with E-state index >= 15 is 0 Å². The first kappa shape index (κ1) is 20.3. The molecule has 0 aliphatic heterocycles. The van der Waals surface area contributed by atoms with Crippen LogP contribution in [0.1, 0.15) is 5.56 Å². The Morgan fingerprint density at radius 1 is 0.968 bits per heavy atom. The number of carbonyl (C=O) groups excluding carboxylic acids is 1. The Labute approximate surface area is 181 Å². The van der Waals surface area contributed by atoms with Gasteiger partial charge in [0, 0.05) is 32.5 Å². The summed E-state index contributed by atoms with van der Waals surface area (Å²) in [4.78, 5) is 14.6. The van der Waals surface area contributed by atoms with E-state index in [1.54, 1.807) is 4.68 Å². The van der Waals surface area contributed by atoms with Crippen molar-refractivity contribution < 1.29 is 9.53 Å². The molecule has 0 unspecified atom stereocenters. The van der Waals surface area contributed by atoms with Crippen molar-refractivity contribution in [2.75, 3.05) is 29.6 Å². The van der Waals surface area contributed by atoms with Gasteiger partial charge in [-0.25, -0.2) is 4.79 Å². The van der Waals surface area contributed by atoms with Crippen molar-refractivity contribution in [1.82, 2.24) is 9.78 Å². The van der Waals surface area contributed by atoms with Gasteiger partial charge in [-0.2, -0.15) is 5.10 Å². The molecular formula is C24H25N5O2. The van der Waals surface area contributed by atoms with Crippen LogP contribution < -0.4 is 20.3 Å². The number of amides is 2. The summed E-state index contributed by atoms with van der Waals surface area (Å²) < 4.78 is 7.55. The Kier molecular flexibility index (Phi) is 5.75. The van der Waals surface area contributed by atoms with Gasteiger partial charge in [-0.1, -0.05) is 36.4 Å². The molecule has 0 aliphatic carbocycles. The molecule has 3 aromatic carbocycles. The molecule has 31 heavy (non-hydrogen) atoms. The number of nitrogens with one attached hydrogen (secondary N) is 2. The van der Waals surface area contributed by atoms with Gasteiger partial charge in [-0.3, -0.25) is 10.00 Å². The molecule has 2 N–H and O–H groups in total. The molecule has 0 saturated heterocycles. The van der Waals surface area contributed by atoms with Crippen LogP contribution in [0, 0.1) is 0 Å². The van der Waals surface area contributed by atoms with E-state index in [-0.39, 0.29) is 6.03 Å². The highest BCUT2D eigenvalue weighted by Crippen LogP contribution is 2.31. The normalized spacial score (nSPS) is 10.7. The van der Waals surface area contributed by atoms with Crippen LogP contribution in [0.3, 0.4) is 0 Å². The summed E-state index contributed by atoms with van der Waals surface area (Å²) in [6.07, 6.45) is 0. The average molecular weight is 415 g/mol. The molecule has 7 heteroatoms. The molecule has 1 aromatic heterocycles. The summed E-state index contributed by atoms with van der Waals surface area (Å²) in [5.74, 6) is 1.25. The summed E-state index contributed by atoms with van der Waals surface area (Å²) >= 11 is 0. The molecule has 0 bridgehead atoms. The van der Waals surface area contributed by atoms with Crippen molar-refractivity contribution in [2.45, 2.75) is 6.61 Å².